The molecule has 12 rings (SSSR count). The number of hydrogen-bond donors (Lipinski definition) is 0. The number of aromatic nitrogens is 4. The highest BCUT2D eigenvalue weighted by atomic mass is 32.1. The fraction of sp³-hybridized carbons (Fsp3) is 0. The Balaban J connectivity index is 1.23. The Labute approximate surface area is 295 Å². The zero-order valence-corrected chi connectivity index (χ0v) is 28.0. The van der Waals surface area contributed by atoms with Crippen LogP contribution in [0.2, 0.25) is 0 Å². The summed E-state index contributed by atoms with van der Waals surface area (Å²) in [4.78, 5) is 10.9. The Morgan fingerprint density at radius 1 is 0.412 bits per heavy atom. The molecule has 8 aromatic carbocycles. The van der Waals surface area contributed by atoms with Crippen LogP contribution < -0.4 is 0 Å². The molecule has 0 atom stereocenters. The summed E-state index contributed by atoms with van der Waals surface area (Å²) < 4.78 is 7.30. The van der Waals surface area contributed by atoms with Crippen molar-refractivity contribution in [2.24, 2.45) is 0 Å². The second-order valence-electron chi connectivity index (χ2n) is 13.4. The van der Waals surface area contributed by atoms with Crippen LogP contribution in [0.25, 0.3) is 108 Å². The van der Waals surface area contributed by atoms with Gasteiger partial charge in [0, 0.05) is 53.0 Å². The van der Waals surface area contributed by atoms with Crippen LogP contribution >= 0.6 is 11.3 Å². The minimum atomic E-state index is 0.835. The molecule has 4 nitrogen and oxygen atoms in total. The van der Waals surface area contributed by atoms with Crippen LogP contribution in [0.4, 0.5) is 0 Å². The monoisotopic (exact) mass is 666 g/mol. The molecular formula is C46H26N4S. The summed E-state index contributed by atoms with van der Waals surface area (Å²) in [6.07, 6.45) is 0. The maximum Gasteiger partial charge on any atom is 0.165 e. The molecule has 12 aromatic rings. The number of fused-ring (bicyclic) bond motifs is 4. The Morgan fingerprint density at radius 3 is 1.75 bits per heavy atom. The van der Waals surface area contributed by atoms with Crippen LogP contribution in [0.3, 0.4) is 0 Å². The van der Waals surface area contributed by atoms with Gasteiger partial charge in [-0.05, 0) is 77.5 Å². The molecule has 0 spiro atoms. The van der Waals surface area contributed by atoms with Crippen molar-refractivity contribution in [1.29, 1.82) is 0 Å². The maximum atomic E-state index is 5.48. The minimum Gasteiger partial charge on any atom is -0.309 e. The van der Waals surface area contributed by atoms with Crippen molar-refractivity contribution in [2.75, 3.05) is 0 Å². The molecule has 0 N–H and O–H groups in total. The molecule has 51 heavy (non-hydrogen) atoms. The Bertz CT molecular complexity index is 3260. The summed E-state index contributed by atoms with van der Waals surface area (Å²) in [7, 11) is 0. The van der Waals surface area contributed by atoms with Crippen molar-refractivity contribution >= 4 is 96.9 Å². The molecule has 0 aliphatic heterocycles. The van der Waals surface area contributed by atoms with Gasteiger partial charge in [-0.3, -0.25) is 4.57 Å². The van der Waals surface area contributed by atoms with Crippen molar-refractivity contribution in [3.63, 3.8) is 0 Å². The predicted molar refractivity (Wildman–Crippen MR) is 215 cm³/mol. The lowest BCUT2D eigenvalue weighted by atomic mass is 10.00. The third kappa shape index (κ3) is 3.68. The SMILES string of the molecule is c1ccc(-n2c3ccccc3c3cc(-c4nc5ccccc5nc4-n4c5ccc6cccc7sc8cccc9ccc4c(c98)c5c67)ccc32)cc1. The molecule has 0 radical (unpaired) electrons. The van der Waals surface area contributed by atoms with E-state index < -0.39 is 0 Å². The van der Waals surface area contributed by atoms with E-state index in [9.17, 15) is 0 Å². The second-order valence-corrected chi connectivity index (χ2v) is 14.5. The van der Waals surface area contributed by atoms with Crippen LogP contribution in [-0.2, 0) is 0 Å². The summed E-state index contributed by atoms with van der Waals surface area (Å²) in [6, 6.07) is 56.8. The van der Waals surface area contributed by atoms with E-state index >= 15 is 0 Å². The maximum absolute atomic E-state index is 5.48. The molecule has 4 aromatic heterocycles. The zero-order valence-electron chi connectivity index (χ0n) is 27.2. The standard InChI is InChI=1S/C46H26N4S/c1-2-12-30(13-3-1)49-35-17-7-4-14-31(35)32-26-29(22-23-36(32)49)45-46(48-34-16-6-5-15-33(34)47-45)50-37-24-20-27-10-8-18-39-41(27)43(37)44-38(50)25-21-28-11-9-19-40(51-39)42(28)44/h1-26H. The second kappa shape index (κ2) is 10.0. The molecule has 0 unspecified atom stereocenters. The first kappa shape index (κ1) is 27.3. The van der Waals surface area contributed by atoms with Crippen LogP contribution in [0.15, 0.2) is 158 Å². The van der Waals surface area contributed by atoms with E-state index in [0.717, 1.165) is 50.3 Å². The zero-order chi connectivity index (χ0) is 33.2. The van der Waals surface area contributed by atoms with Crippen molar-refractivity contribution < 1.29 is 0 Å². The van der Waals surface area contributed by atoms with E-state index in [4.69, 9.17) is 9.97 Å². The first-order valence-electron chi connectivity index (χ1n) is 17.3. The quantitative estimate of drug-likeness (QED) is 0.188. The van der Waals surface area contributed by atoms with Gasteiger partial charge in [-0.25, -0.2) is 9.97 Å². The lowest BCUT2D eigenvalue weighted by molar-refractivity contribution is 1.08. The first-order valence-corrected chi connectivity index (χ1v) is 18.1. The minimum absolute atomic E-state index is 0.835. The molecule has 236 valence electrons. The fourth-order valence-corrected chi connectivity index (χ4v) is 9.68. The van der Waals surface area contributed by atoms with Gasteiger partial charge in [-0.2, -0.15) is 0 Å². The Kier molecular flexibility index (Phi) is 5.35. The normalized spacial score (nSPS) is 12.3. The molecule has 5 heteroatoms. The van der Waals surface area contributed by atoms with Crippen molar-refractivity contribution in [2.45, 2.75) is 0 Å². The third-order valence-electron chi connectivity index (χ3n) is 10.6. The van der Waals surface area contributed by atoms with Crippen LogP contribution in [0.5, 0.6) is 0 Å². The number of nitrogens with zero attached hydrogens (tertiary/aromatic N) is 4. The van der Waals surface area contributed by atoms with Crippen LogP contribution in [-0.4, -0.2) is 19.1 Å². The van der Waals surface area contributed by atoms with Crippen LogP contribution in [0.1, 0.15) is 0 Å². The summed E-state index contributed by atoms with van der Waals surface area (Å²) in [5.41, 5.74) is 9.42. The van der Waals surface area contributed by atoms with Crippen molar-refractivity contribution in [3.8, 4) is 22.8 Å². The molecule has 0 fully saturated rings. The van der Waals surface area contributed by atoms with Gasteiger partial charge >= 0.3 is 0 Å². The molecule has 0 aliphatic rings. The van der Waals surface area contributed by atoms with Gasteiger partial charge in [-0.1, -0.05) is 91.0 Å². The van der Waals surface area contributed by atoms with E-state index in [1.807, 2.05) is 23.5 Å². The summed E-state index contributed by atoms with van der Waals surface area (Å²) in [5, 5.41) is 10.1. The number of para-hydroxylation sites is 4. The summed E-state index contributed by atoms with van der Waals surface area (Å²) in [5.74, 6) is 0.835. The van der Waals surface area contributed by atoms with Gasteiger partial charge in [0.2, 0.25) is 0 Å². The smallest absolute Gasteiger partial charge is 0.165 e. The van der Waals surface area contributed by atoms with Crippen molar-refractivity contribution in [1.82, 2.24) is 19.1 Å². The van der Waals surface area contributed by atoms with Gasteiger partial charge in [0.25, 0.3) is 0 Å². The first-order chi connectivity index (χ1) is 25.3. The Morgan fingerprint density at radius 2 is 1.02 bits per heavy atom. The molecular weight excluding hydrogens is 641 g/mol. The van der Waals surface area contributed by atoms with Gasteiger partial charge in [0.05, 0.1) is 33.1 Å². The van der Waals surface area contributed by atoms with E-state index in [-0.39, 0.29) is 0 Å². The highest BCUT2D eigenvalue weighted by Gasteiger charge is 2.24. The van der Waals surface area contributed by atoms with Gasteiger partial charge in [0.1, 0.15) is 5.69 Å². The van der Waals surface area contributed by atoms with Gasteiger partial charge in [0.15, 0.2) is 5.82 Å². The van der Waals surface area contributed by atoms with E-state index in [1.165, 1.54) is 58.0 Å². The average Bonchev–Trinajstić information content (AvgIpc) is 3.65. The molecule has 0 amide bonds. The van der Waals surface area contributed by atoms with E-state index in [2.05, 4.69) is 155 Å². The lowest BCUT2D eigenvalue weighted by Crippen LogP contribution is -2.04. The van der Waals surface area contributed by atoms with Gasteiger partial charge in [-0.15, -0.1) is 11.3 Å². The largest absolute Gasteiger partial charge is 0.309 e. The fourth-order valence-electron chi connectivity index (χ4n) is 8.51. The van der Waals surface area contributed by atoms with Crippen LogP contribution in [0, 0.1) is 0 Å². The highest BCUT2D eigenvalue weighted by Crippen LogP contribution is 2.47. The third-order valence-corrected chi connectivity index (χ3v) is 11.8. The number of rotatable bonds is 3. The number of benzene rings is 8. The van der Waals surface area contributed by atoms with E-state index in [0.29, 0.717) is 0 Å². The molecule has 0 bridgehead atoms. The average molecular weight is 667 g/mol. The van der Waals surface area contributed by atoms with Crippen molar-refractivity contribution in [3.05, 3.63) is 158 Å². The predicted octanol–water partition coefficient (Wildman–Crippen LogP) is 12.4. The molecule has 0 saturated carbocycles. The number of hydrogen-bond acceptors (Lipinski definition) is 3. The lowest BCUT2D eigenvalue weighted by Gasteiger charge is -2.15. The molecule has 0 aliphatic carbocycles. The summed E-state index contributed by atoms with van der Waals surface area (Å²) >= 11 is 1.88. The summed E-state index contributed by atoms with van der Waals surface area (Å²) in [6.45, 7) is 0. The van der Waals surface area contributed by atoms with E-state index in [1.54, 1.807) is 0 Å². The highest BCUT2D eigenvalue weighted by molar-refractivity contribution is 7.24. The molecule has 0 saturated heterocycles. The van der Waals surface area contributed by atoms with Gasteiger partial charge < -0.3 is 4.57 Å². The topological polar surface area (TPSA) is 35.6 Å². The molecule has 4 heterocycles. The Hall–Kier alpha value is -6.56.